The number of aromatic nitrogens is 3. The van der Waals surface area contributed by atoms with E-state index in [1.165, 1.54) is 0 Å². The van der Waals surface area contributed by atoms with Crippen LogP contribution in [0.15, 0.2) is 6.20 Å². The average Bonchev–Trinajstić information content (AvgIpc) is 2.54. The Balaban J connectivity index is 1.77. The lowest BCUT2D eigenvalue weighted by Crippen LogP contribution is -2.39. The molecule has 7 nitrogen and oxygen atoms in total. The summed E-state index contributed by atoms with van der Waals surface area (Å²) in [6.07, 6.45) is 3.97. The molecule has 0 amide bonds. The lowest BCUT2D eigenvalue weighted by molar-refractivity contribution is 0.0398. The highest BCUT2D eigenvalue weighted by atomic mass is 16.5. The molecule has 0 bridgehead atoms. The first-order chi connectivity index (χ1) is 10.3. The normalized spacial score (nSPS) is 15.9. The second-order valence-electron chi connectivity index (χ2n) is 5.30. The molecule has 1 fully saturated rings. The predicted molar refractivity (Wildman–Crippen MR) is 83.8 cm³/mol. The van der Waals surface area contributed by atoms with Gasteiger partial charge in [0.2, 0.25) is 5.95 Å². The van der Waals surface area contributed by atoms with Gasteiger partial charge in [-0.1, -0.05) is 13.3 Å². The number of nitrogens with zero attached hydrogens (tertiary/aromatic N) is 5. The van der Waals surface area contributed by atoms with Gasteiger partial charge >= 0.3 is 0 Å². The van der Waals surface area contributed by atoms with E-state index in [1.54, 1.807) is 6.20 Å². The van der Waals surface area contributed by atoms with Crippen molar-refractivity contribution in [3.05, 3.63) is 6.20 Å². The lowest BCUT2D eigenvalue weighted by Gasteiger charge is -2.26. The van der Waals surface area contributed by atoms with Gasteiger partial charge in [0, 0.05) is 39.8 Å². The Morgan fingerprint density at radius 3 is 2.95 bits per heavy atom. The number of hydrogen-bond donors (Lipinski definition) is 1. The van der Waals surface area contributed by atoms with E-state index in [1.807, 2.05) is 11.9 Å². The van der Waals surface area contributed by atoms with Crippen LogP contribution in [0.3, 0.4) is 0 Å². The highest BCUT2D eigenvalue weighted by molar-refractivity contribution is 5.38. The average molecular weight is 294 g/mol. The van der Waals surface area contributed by atoms with E-state index >= 15 is 0 Å². The van der Waals surface area contributed by atoms with Gasteiger partial charge in [-0.3, -0.25) is 4.90 Å². The van der Waals surface area contributed by atoms with Crippen molar-refractivity contribution < 1.29 is 4.74 Å². The monoisotopic (exact) mass is 294 g/mol. The Morgan fingerprint density at radius 1 is 1.38 bits per heavy atom. The molecule has 0 atom stereocenters. The Morgan fingerprint density at radius 2 is 2.19 bits per heavy atom. The first-order valence-corrected chi connectivity index (χ1v) is 7.74. The largest absolute Gasteiger partial charge is 0.379 e. The van der Waals surface area contributed by atoms with Gasteiger partial charge < -0.3 is 15.0 Å². The summed E-state index contributed by atoms with van der Waals surface area (Å²) < 4.78 is 5.34. The van der Waals surface area contributed by atoms with Gasteiger partial charge in [-0.2, -0.15) is 10.1 Å². The molecule has 1 aliphatic heterocycles. The van der Waals surface area contributed by atoms with Gasteiger partial charge in [-0.05, 0) is 6.42 Å². The molecule has 2 heterocycles. The van der Waals surface area contributed by atoms with Crippen LogP contribution >= 0.6 is 0 Å². The van der Waals surface area contributed by atoms with E-state index in [9.17, 15) is 0 Å². The number of hydrogen-bond acceptors (Lipinski definition) is 7. The predicted octanol–water partition coefficient (Wildman–Crippen LogP) is 0.852. The molecule has 1 aromatic heterocycles. The molecule has 1 N–H and O–H groups in total. The number of ether oxygens (including phenoxy) is 1. The lowest BCUT2D eigenvalue weighted by atomic mass is 10.3. The van der Waals surface area contributed by atoms with E-state index in [2.05, 4.69) is 32.3 Å². The van der Waals surface area contributed by atoms with Crippen molar-refractivity contribution in [3.63, 3.8) is 0 Å². The topological polar surface area (TPSA) is 66.4 Å². The molecule has 0 aliphatic carbocycles. The molecule has 0 aromatic carbocycles. The summed E-state index contributed by atoms with van der Waals surface area (Å²) in [6, 6.07) is 0. The highest BCUT2D eigenvalue weighted by Gasteiger charge is 2.10. The molecule has 2 rings (SSSR count). The van der Waals surface area contributed by atoms with Crippen LogP contribution in [0.25, 0.3) is 0 Å². The van der Waals surface area contributed by atoms with Crippen molar-refractivity contribution in [3.8, 4) is 0 Å². The van der Waals surface area contributed by atoms with Crippen LogP contribution in [0.1, 0.15) is 19.8 Å². The Hall–Kier alpha value is -1.47. The first kappa shape index (κ1) is 15.9. The molecule has 0 spiro atoms. The van der Waals surface area contributed by atoms with Crippen molar-refractivity contribution in [2.24, 2.45) is 0 Å². The maximum absolute atomic E-state index is 5.34. The zero-order valence-corrected chi connectivity index (χ0v) is 13.1. The molecule has 0 saturated carbocycles. The summed E-state index contributed by atoms with van der Waals surface area (Å²) >= 11 is 0. The Labute approximate surface area is 126 Å². The van der Waals surface area contributed by atoms with Crippen LogP contribution in [-0.4, -0.2) is 73.1 Å². The number of anilines is 2. The molecule has 1 saturated heterocycles. The standard InChI is InChI=1S/C14H26N6O/c1-3-4-6-19(2)14-17-13(12-16-18-14)15-5-7-20-8-10-21-11-9-20/h12H,3-11H2,1-2H3,(H,15,17,18). The fourth-order valence-corrected chi connectivity index (χ4v) is 2.20. The Kier molecular flexibility index (Phi) is 6.62. The number of nitrogens with one attached hydrogen (secondary N) is 1. The maximum atomic E-state index is 5.34. The van der Waals surface area contributed by atoms with Crippen LogP contribution in [-0.2, 0) is 4.74 Å². The zero-order chi connectivity index (χ0) is 14.9. The number of unbranched alkanes of at least 4 members (excludes halogenated alkanes) is 1. The fourth-order valence-electron chi connectivity index (χ4n) is 2.20. The second kappa shape index (κ2) is 8.74. The fraction of sp³-hybridized carbons (Fsp3) is 0.786. The summed E-state index contributed by atoms with van der Waals surface area (Å²) in [4.78, 5) is 8.94. The molecular weight excluding hydrogens is 268 g/mol. The molecule has 21 heavy (non-hydrogen) atoms. The summed E-state index contributed by atoms with van der Waals surface area (Å²) in [5.41, 5.74) is 0. The summed E-state index contributed by atoms with van der Waals surface area (Å²) in [5, 5.41) is 11.4. The van der Waals surface area contributed by atoms with Gasteiger partial charge in [0.15, 0.2) is 5.82 Å². The minimum absolute atomic E-state index is 0.680. The molecule has 118 valence electrons. The molecular formula is C14H26N6O. The number of morpholine rings is 1. The van der Waals surface area contributed by atoms with Gasteiger partial charge in [0.1, 0.15) is 0 Å². The maximum Gasteiger partial charge on any atom is 0.247 e. The van der Waals surface area contributed by atoms with Crippen molar-refractivity contribution in [2.45, 2.75) is 19.8 Å². The summed E-state index contributed by atoms with van der Waals surface area (Å²) in [7, 11) is 2.00. The summed E-state index contributed by atoms with van der Waals surface area (Å²) in [6.45, 7) is 8.67. The third-order valence-corrected chi connectivity index (χ3v) is 3.57. The molecule has 7 heteroatoms. The SMILES string of the molecule is CCCCN(C)c1nncc(NCCN2CCOCC2)n1. The third kappa shape index (κ3) is 5.43. The Bertz CT molecular complexity index is 410. The van der Waals surface area contributed by atoms with E-state index in [-0.39, 0.29) is 0 Å². The van der Waals surface area contributed by atoms with Crippen LogP contribution in [0, 0.1) is 0 Å². The van der Waals surface area contributed by atoms with Crippen LogP contribution in [0.5, 0.6) is 0 Å². The van der Waals surface area contributed by atoms with Gasteiger partial charge in [-0.15, -0.1) is 5.10 Å². The summed E-state index contributed by atoms with van der Waals surface area (Å²) in [5.74, 6) is 1.47. The molecule has 0 radical (unpaired) electrons. The van der Waals surface area contributed by atoms with E-state index in [4.69, 9.17) is 4.74 Å². The van der Waals surface area contributed by atoms with Gasteiger partial charge in [0.05, 0.1) is 19.4 Å². The quantitative estimate of drug-likeness (QED) is 0.762. The van der Waals surface area contributed by atoms with Crippen LogP contribution in [0.2, 0.25) is 0 Å². The zero-order valence-electron chi connectivity index (χ0n) is 13.1. The molecule has 0 unspecified atom stereocenters. The van der Waals surface area contributed by atoms with Crippen molar-refractivity contribution in [2.75, 3.05) is 63.2 Å². The van der Waals surface area contributed by atoms with Gasteiger partial charge in [-0.25, -0.2) is 0 Å². The minimum atomic E-state index is 0.680. The van der Waals surface area contributed by atoms with E-state index in [0.29, 0.717) is 5.95 Å². The van der Waals surface area contributed by atoms with Gasteiger partial charge in [0.25, 0.3) is 0 Å². The highest BCUT2D eigenvalue weighted by Crippen LogP contribution is 2.08. The molecule has 1 aromatic rings. The number of rotatable bonds is 8. The van der Waals surface area contributed by atoms with Crippen LogP contribution in [0.4, 0.5) is 11.8 Å². The van der Waals surface area contributed by atoms with Crippen LogP contribution < -0.4 is 10.2 Å². The van der Waals surface area contributed by atoms with E-state index < -0.39 is 0 Å². The smallest absolute Gasteiger partial charge is 0.247 e. The minimum Gasteiger partial charge on any atom is -0.379 e. The third-order valence-electron chi connectivity index (χ3n) is 3.57. The van der Waals surface area contributed by atoms with Crippen molar-refractivity contribution in [1.82, 2.24) is 20.1 Å². The molecule has 1 aliphatic rings. The second-order valence-corrected chi connectivity index (χ2v) is 5.30. The van der Waals surface area contributed by atoms with E-state index in [0.717, 1.165) is 64.6 Å². The van der Waals surface area contributed by atoms with Crippen molar-refractivity contribution in [1.29, 1.82) is 0 Å². The first-order valence-electron chi connectivity index (χ1n) is 7.74. The van der Waals surface area contributed by atoms with Crippen molar-refractivity contribution >= 4 is 11.8 Å².